The summed E-state index contributed by atoms with van der Waals surface area (Å²) in [6.07, 6.45) is 0. The van der Waals surface area contributed by atoms with Crippen molar-refractivity contribution in [3.05, 3.63) is 70.9 Å². The summed E-state index contributed by atoms with van der Waals surface area (Å²) in [5.41, 5.74) is 1.20. The predicted octanol–water partition coefficient (Wildman–Crippen LogP) is 5.46. The van der Waals surface area contributed by atoms with Crippen LogP contribution in [0.1, 0.15) is 16.3 Å². The Labute approximate surface area is 153 Å². The van der Waals surface area contributed by atoms with E-state index in [0.29, 0.717) is 11.1 Å². The Bertz CT molecular complexity index is 943. The standard InChI is InChI=1S/C19H16N2O2S2/c1-13-6-8-15(9-7-13)22-11-18-20-21-19(23-18)24-12-16-10-14-4-2-3-5-17(14)25-16/h2-10H,11-12H2,1H3. The van der Waals surface area contributed by atoms with E-state index in [1.54, 1.807) is 23.1 Å². The predicted molar refractivity (Wildman–Crippen MR) is 101 cm³/mol. The topological polar surface area (TPSA) is 48.2 Å². The number of nitrogens with zero attached hydrogens (tertiary/aromatic N) is 2. The van der Waals surface area contributed by atoms with Gasteiger partial charge in [0.25, 0.3) is 11.1 Å². The highest BCUT2D eigenvalue weighted by molar-refractivity contribution is 7.98. The maximum Gasteiger partial charge on any atom is 0.277 e. The summed E-state index contributed by atoms with van der Waals surface area (Å²) in [6, 6.07) is 18.5. The normalized spacial score (nSPS) is 11.1. The maximum absolute atomic E-state index is 5.66. The van der Waals surface area contributed by atoms with Crippen molar-refractivity contribution < 1.29 is 9.15 Å². The van der Waals surface area contributed by atoms with E-state index in [0.717, 1.165) is 11.5 Å². The minimum absolute atomic E-state index is 0.277. The molecule has 0 bridgehead atoms. The van der Waals surface area contributed by atoms with Gasteiger partial charge in [-0.3, -0.25) is 0 Å². The molecule has 126 valence electrons. The third kappa shape index (κ3) is 4.03. The van der Waals surface area contributed by atoms with Crippen LogP contribution in [0.5, 0.6) is 5.75 Å². The summed E-state index contributed by atoms with van der Waals surface area (Å²) in [5, 5.41) is 9.98. The van der Waals surface area contributed by atoms with Crippen molar-refractivity contribution in [1.29, 1.82) is 0 Å². The Kier molecular flexibility index (Phi) is 4.72. The third-order valence-electron chi connectivity index (χ3n) is 3.65. The van der Waals surface area contributed by atoms with E-state index < -0.39 is 0 Å². The molecule has 4 nitrogen and oxygen atoms in total. The van der Waals surface area contributed by atoms with E-state index in [1.165, 1.54) is 20.5 Å². The van der Waals surface area contributed by atoms with Crippen LogP contribution in [0.4, 0.5) is 0 Å². The second kappa shape index (κ2) is 7.29. The van der Waals surface area contributed by atoms with E-state index in [4.69, 9.17) is 9.15 Å². The fraction of sp³-hybridized carbons (Fsp3) is 0.158. The van der Waals surface area contributed by atoms with Gasteiger partial charge in [0, 0.05) is 15.3 Å². The molecule has 0 spiro atoms. The Morgan fingerprint density at radius 1 is 1.08 bits per heavy atom. The van der Waals surface area contributed by atoms with Crippen LogP contribution in [0, 0.1) is 6.92 Å². The molecule has 0 amide bonds. The van der Waals surface area contributed by atoms with Crippen molar-refractivity contribution in [1.82, 2.24) is 10.2 Å². The molecule has 0 fully saturated rings. The summed E-state index contributed by atoms with van der Waals surface area (Å²) in [5.74, 6) is 2.10. The van der Waals surface area contributed by atoms with Crippen molar-refractivity contribution in [3.63, 3.8) is 0 Å². The van der Waals surface area contributed by atoms with Crippen LogP contribution in [-0.2, 0) is 12.4 Å². The van der Waals surface area contributed by atoms with Gasteiger partial charge in [0.2, 0.25) is 0 Å². The highest BCUT2D eigenvalue weighted by Crippen LogP contribution is 2.30. The van der Waals surface area contributed by atoms with E-state index >= 15 is 0 Å². The van der Waals surface area contributed by atoms with Crippen LogP contribution in [0.2, 0.25) is 0 Å². The third-order valence-corrected chi connectivity index (χ3v) is 5.81. The monoisotopic (exact) mass is 368 g/mol. The average molecular weight is 368 g/mol. The summed E-state index contributed by atoms with van der Waals surface area (Å²) < 4.78 is 12.6. The quantitative estimate of drug-likeness (QED) is 0.423. The Morgan fingerprint density at radius 3 is 2.76 bits per heavy atom. The van der Waals surface area contributed by atoms with E-state index in [-0.39, 0.29) is 6.61 Å². The second-order valence-electron chi connectivity index (χ2n) is 5.60. The fourth-order valence-electron chi connectivity index (χ4n) is 2.38. The molecule has 0 aliphatic heterocycles. The van der Waals surface area contributed by atoms with Gasteiger partial charge in [-0.1, -0.05) is 47.7 Å². The Morgan fingerprint density at radius 2 is 1.92 bits per heavy atom. The van der Waals surface area contributed by atoms with Crippen LogP contribution < -0.4 is 4.74 Å². The molecule has 6 heteroatoms. The number of hydrogen-bond donors (Lipinski definition) is 0. The first-order valence-electron chi connectivity index (χ1n) is 7.88. The lowest BCUT2D eigenvalue weighted by molar-refractivity contribution is 0.252. The van der Waals surface area contributed by atoms with Gasteiger partial charge in [-0.15, -0.1) is 21.5 Å². The van der Waals surface area contributed by atoms with Crippen molar-refractivity contribution in [3.8, 4) is 5.75 Å². The number of aromatic nitrogens is 2. The lowest BCUT2D eigenvalue weighted by atomic mass is 10.2. The van der Waals surface area contributed by atoms with Gasteiger partial charge >= 0.3 is 0 Å². The molecule has 0 unspecified atom stereocenters. The molecule has 2 heterocycles. The molecular weight excluding hydrogens is 352 g/mol. The first kappa shape index (κ1) is 16.2. The summed E-state index contributed by atoms with van der Waals surface area (Å²) >= 11 is 3.34. The molecule has 25 heavy (non-hydrogen) atoms. The number of thiophene rings is 1. The molecule has 2 aromatic heterocycles. The zero-order valence-electron chi connectivity index (χ0n) is 13.6. The Balaban J connectivity index is 1.33. The number of thioether (sulfide) groups is 1. The van der Waals surface area contributed by atoms with E-state index in [9.17, 15) is 0 Å². The van der Waals surface area contributed by atoms with Crippen molar-refractivity contribution in [2.24, 2.45) is 0 Å². The molecule has 0 radical (unpaired) electrons. The molecule has 2 aromatic carbocycles. The van der Waals surface area contributed by atoms with Gasteiger partial charge in [0.15, 0.2) is 6.61 Å². The molecule has 0 aliphatic carbocycles. The van der Waals surface area contributed by atoms with Crippen LogP contribution in [0.25, 0.3) is 10.1 Å². The SMILES string of the molecule is Cc1ccc(OCc2nnc(SCc3cc4ccccc4s3)o2)cc1. The van der Waals surface area contributed by atoms with Gasteiger partial charge in [-0.2, -0.15) is 0 Å². The van der Waals surface area contributed by atoms with E-state index in [2.05, 4.69) is 40.5 Å². The number of aryl methyl sites for hydroxylation is 1. The molecule has 0 aliphatic rings. The van der Waals surface area contributed by atoms with Crippen molar-refractivity contribution >= 4 is 33.2 Å². The van der Waals surface area contributed by atoms with Crippen LogP contribution in [-0.4, -0.2) is 10.2 Å². The van der Waals surface area contributed by atoms with Gasteiger partial charge in [0.1, 0.15) is 5.75 Å². The minimum Gasteiger partial charge on any atom is -0.484 e. The molecular formula is C19H16N2O2S2. The molecule has 0 saturated heterocycles. The highest BCUT2D eigenvalue weighted by atomic mass is 32.2. The maximum atomic E-state index is 5.66. The van der Waals surface area contributed by atoms with Crippen LogP contribution >= 0.6 is 23.1 Å². The number of rotatable bonds is 6. The zero-order valence-corrected chi connectivity index (χ0v) is 15.3. The van der Waals surface area contributed by atoms with E-state index in [1.807, 2.05) is 31.2 Å². The smallest absolute Gasteiger partial charge is 0.277 e. The minimum atomic E-state index is 0.277. The average Bonchev–Trinajstić information content (AvgIpc) is 3.25. The van der Waals surface area contributed by atoms with Crippen molar-refractivity contribution in [2.45, 2.75) is 24.5 Å². The zero-order chi connectivity index (χ0) is 17.1. The molecule has 0 saturated carbocycles. The summed E-state index contributed by atoms with van der Waals surface area (Å²) in [7, 11) is 0. The molecule has 0 atom stereocenters. The number of benzene rings is 2. The first-order chi connectivity index (χ1) is 12.3. The molecule has 4 aromatic rings. The second-order valence-corrected chi connectivity index (χ2v) is 7.70. The number of ether oxygens (including phenoxy) is 1. The van der Waals surface area contributed by atoms with Crippen LogP contribution in [0.3, 0.4) is 0 Å². The lowest BCUT2D eigenvalue weighted by Crippen LogP contribution is -1.95. The van der Waals surface area contributed by atoms with Crippen LogP contribution in [0.15, 0.2) is 64.2 Å². The largest absolute Gasteiger partial charge is 0.484 e. The lowest BCUT2D eigenvalue weighted by Gasteiger charge is -2.02. The number of fused-ring (bicyclic) bond motifs is 1. The molecule has 0 N–H and O–H groups in total. The number of hydrogen-bond acceptors (Lipinski definition) is 6. The Hall–Kier alpha value is -2.31. The van der Waals surface area contributed by atoms with Gasteiger partial charge < -0.3 is 9.15 Å². The molecule has 4 rings (SSSR count). The van der Waals surface area contributed by atoms with Gasteiger partial charge in [-0.05, 0) is 36.6 Å². The van der Waals surface area contributed by atoms with Gasteiger partial charge in [0.05, 0.1) is 0 Å². The highest BCUT2D eigenvalue weighted by Gasteiger charge is 2.09. The summed E-state index contributed by atoms with van der Waals surface area (Å²) in [4.78, 5) is 1.29. The first-order valence-corrected chi connectivity index (χ1v) is 9.68. The van der Waals surface area contributed by atoms with Crippen molar-refractivity contribution in [2.75, 3.05) is 0 Å². The van der Waals surface area contributed by atoms with Gasteiger partial charge in [-0.25, -0.2) is 0 Å². The fourth-order valence-corrected chi connectivity index (χ4v) is 4.25. The summed E-state index contributed by atoms with van der Waals surface area (Å²) in [6.45, 7) is 2.32.